The van der Waals surface area contributed by atoms with Gasteiger partial charge < -0.3 is 10.4 Å². The van der Waals surface area contributed by atoms with Crippen molar-refractivity contribution in [2.45, 2.75) is 58.1 Å². The quantitative estimate of drug-likeness (QED) is 0.580. The second-order valence-electron chi connectivity index (χ2n) is 9.62. The van der Waals surface area contributed by atoms with Crippen LogP contribution >= 0.6 is 0 Å². The third-order valence-corrected chi connectivity index (χ3v) is 6.40. The summed E-state index contributed by atoms with van der Waals surface area (Å²) in [5.74, 6) is -0.554. The molecule has 0 bridgehead atoms. The average Bonchev–Trinajstić information content (AvgIpc) is 3.47. The van der Waals surface area contributed by atoms with E-state index in [0.717, 1.165) is 17.4 Å². The van der Waals surface area contributed by atoms with Crippen LogP contribution in [0.5, 0.6) is 0 Å². The molecule has 32 heavy (non-hydrogen) atoms. The lowest BCUT2D eigenvalue weighted by molar-refractivity contribution is -0.123. The number of hydrogen-bond acceptors (Lipinski definition) is 4. The number of carbonyl (C=O) groups is 1. The minimum absolute atomic E-state index is 0.0000537. The van der Waals surface area contributed by atoms with E-state index in [2.05, 4.69) is 10.0 Å². The molecule has 0 radical (unpaired) electrons. The van der Waals surface area contributed by atoms with Crippen LogP contribution in [-0.4, -0.2) is 25.7 Å². The van der Waals surface area contributed by atoms with Gasteiger partial charge in [0.05, 0.1) is 24.6 Å². The summed E-state index contributed by atoms with van der Waals surface area (Å²) in [4.78, 5) is 12.7. The first-order valence-electron chi connectivity index (χ1n) is 10.6. The number of benzene rings is 2. The Morgan fingerprint density at radius 3 is 2.47 bits per heavy atom. The molecule has 2 aromatic carbocycles. The highest BCUT2D eigenvalue weighted by Gasteiger charge is 2.44. The van der Waals surface area contributed by atoms with Crippen molar-refractivity contribution >= 4 is 21.6 Å². The molecule has 1 aliphatic carbocycles. The summed E-state index contributed by atoms with van der Waals surface area (Å²) >= 11 is 0. The maximum atomic E-state index is 14.5. The smallest absolute Gasteiger partial charge is 0.229 e. The zero-order valence-electron chi connectivity index (χ0n) is 19.1. The zero-order valence-corrected chi connectivity index (χ0v) is 19.9. The van der Waals surface area contributed by atoms with Crippen LogP contribution in [0.15, 0.2) is 36.4 Å². The van der Waals surface area contributed by atoms with Gasteiger partial charge in [-0.3, -0.25) is 9.52 Å². The number of sulfonamides is 1. The van der Waals surface area contributed by atoms with E-state index in [0.29, 0.717) is 23.2 Å². The number of aliphatic hydroxyl groups excluding tert-OH is 1. The lowest BCUT2D eigenvalue weighted by Crippen LogP contribution is -2.28. The van der Waals surface area contributed by atoms with Gasteiger partial charge in [-0.2, -0.15) is 0 Å². The van der Waals surface area contributed by atoms with Gasteiger partial charge in [-0.1, -0.05) is 39.0 Å². The van der Waals surface area contributed by atoms with Crippen molar-refractivity contribution in [3.8, 4) is 0 Å². The van der Waals surface area contributed by atoms with Crippen LogP contribution in [0.2, 0.25) is 0 Å². The molecule has 3 atom stereocenters. The van der Waals surface area contributed by atoms with Crippen molar-refractivity contribution in [1.29, 1.82) is 0 Å². The van der Waals surface area contributed by atoms with Crippen molar-refractivity contribution in [3.63, 3.8) is 0 Å². The van der Waals surface area contributed by atoms with E-state index < -0.39 is 10.0 Å². The number of hydrogen-bond donors (Lipinski definition) is 3. The molecule has 1 fully saturated rings. The highest BCUT2D eigenvalue weighted by Crippen LogP contribution is 2.48. The highest BCUT2D eigenvalue weighted by atomic mass is 32.2. The second kappa shape index (κ2) is 8.83. The third kappa shape index (κ3) is 5.66. The maximum Gasteiger partial charge on any atom is 0.229 e. The molecule has 1 unspecified atom stereocenters. The Labute approximate surface area is 189 Å². The van der Waals surface area contributed by atoms with Crippen molar-refractivity contribution < 1.29 is 22.7 Å². The SMILES string of the molecule is C[C@@H](NC(=O)C1C[C@@H]1c1ccc(C(C)(C)C)c(F)c1)c1ccc(NS(C)(=O)=O)c(CO)c1. The fourth-order valence-corrected chi connectivity index (χ4v) is 4.54. The molecule has 1 amide bonds. The molecule has 0 saturated heterocycles. The molecule has 3 N–H and O–H groups in total. The van der Waals surface area contributed by atoms with Gasteiger partial charge in [-0.15, -0.1) is 0 Å². The fourth-order valence-electron chi connectivity index (χ4n) is 3.94. The van der Waals surface area contributed by atoms with Gasteiger partial charge in [-0.05, 0) is 59.6 Å². The Morgan fingerprint density at radius 2 is 1.91 bits per heavy atom. The van der Waals surface area contributed by atoms with Crippen LogP contribution in [0, 0.1) is 11.7 Å². The molecule has 174 valence electrons. The minimum Gasteiger partial charge on any atom is -0.392 e. The lowest BCUT2D eigenvalue weighted by Gasteiger charge is -2.20. The largest absolute Gasteiger partial charge is 0.392 e. The molecule has 1 aliphatic rings. The Balaban J connectivity index is 1.66. The number of anilines is 1. The van der Waals surface area contributed by atoms with Crippen molar-refractivity contribution in [3.05, 3.63) is 64.5 Å². The lowest BCUT2D eigenvalue weighted by atomic mass is 9.86. The first-order chi connectivity index (χ1) is 14.8. The predicted octanol–water partition coefficient (Wildman–Crippen LogP) is 3.97. The molecule has 6 nitrogen and oxygen atoms in total. The van der Waals surface area contributed by atoms with Crippen molar-refractivity contribution in [1.82, 2.24) is 5.32 Å². The average molecular weight is 463 g/mol. The number of nitrogens with one attached hydrogen (secondary N) is 2. The van der Waals surface area contributed by atoms with E-state index in [1.54, 1.807) is 24.3 Å². The highest BCUT2D eigenvalue weighted by molar-refractivity contribution is 7.92. The maximum absolute atomic E-state index is 14.5. The molecule has 1 saturated carbocycles. The van der Waals surface area contributed by atoms with Crippen LogP contribution in [0.1, 0.15) is 68.3 Å². The van der Waals surface area contributed by atoms with Crippen LogP contribution < -0.4 is 10.0 Å². The number of aliphatic hydroxyl groups is 1. The summed E-state index contributed by atoms with van der Waals surface area (Å²) in [6.07, 6.45) is 1.71. The predicted molar refractivity (Wildman–Crippen MR) is 123 cm³/mol. The molecule has 0 aliphatic heterocycles. The van der Waals surface area contributed by atoms with Gasteiger partial charge in [-0.25, -0.2) is 12.8 Å². The van der Waals surface area contributed by atoms with Crippen molar-refractivity contribution in [2.24, 2.45) is 5.92 Å². The first-order valence-corrected chi connectivity index (χ1v) is 12.5. The van der Waals surface area contributed by atoms with Gasteiger partial charge in [0.15, 0.2) is 0 Å². The van der Waals surface area contributed by atoms with Gasteiger partial charge in [0.25, 0.3) is 0 Å². The first kappa shape index (κ1) is 24.2. The van der Waals surface area contributed by atoms with Crippen LogP contribution in [0.3, 0.4) is 0 Å². The summed E-state index contributed by atoms with van der Waals surface area (Å²) < 4.78 is 39.9. The second-order valence-corrected chi connectivity index (χ2v) is 11.4. The molecule has 8 heteroatoms. The van der Waals surface area contributed by atoms with E-state index >= 15 is 0 Å². The third-order valence-electron chi connectivity index (χ3n) is 5.81. The monoisotopic (exact) mass is 462 g/mol. The summed E-state index contributed by atoms with van der Waals surface area (Å²) in [6, 6.07) is 9.88. The summed E-state index contributed by atoms with van der Waals surface area (Å²) in [6.45, 7) is 7.38. The molecular formula is C24H31FN2O4S. The minimum atomic E-state index is -3.47. The topological polar surface area (TPSA) is 95.5 Å². The van der Waals surface area contributed by atoms with E-state index in [9.17, 15) is 22.7 Å². The van der Waals surface area contributed by atoms with Crippen LogP contribution in [-0.2, 0) is 26.8 Å². The standard InChI is InChI=1S/C24H31FN2O4S/c1-14(15-7-9-22(17(10-15)13-28)27-32(5,30)31)26-23(29)19-12-18(19)16-6-8-20(21(25)11-16)24(2,3)4/h6-11,14,18-19,27-28H,12-13H2,1-5H3,(H,26,29)/t14-,18-,19?/m1/s1. The van der Waals surface area contributed by atoms with E-state index in [-0.39, 0.29) is 41.6 Å². The molecular weight excluding hydrogens is 431 g/mol. The fraction of sp³-hybridized carbons (Fsp3) is 0.458. The molecule has 0 heterocycles. The Kier molecular flexibility index (Phi) is 6.67. The Morgan fingerprint density at radius 1 is 1.22 bits per heavy atom. The molecule has 2 aromatic rings. The van der Waals surface area contributed by atoms with Gasteiger partial charge in [0.2, 0.25) is 15.9 Å². The van der Waals surface area contributed by atoms with Crippen LogP contribution in [0.25, 0.3) is 0 Å². The van der Waals surface area contributed by atoms with E-state index in [4.69, 9.17) is 0 Å². The van der Waals surface area contributed by atoms with Gasteiger partial charge in [0.1, 0.15) is 5.82 Å². The molecule has 3 rings (SSSR count). The zero-order chi connectivity index (χ0) is 23.8. The molecule has 0 aromatic heterocycles. The van der Waals surface area contributed by atoms with Crippen LogP contribution in [0.4, 0.5) is 10.1 Å². The summed E-state index contributed by atoms with van der Waals surface area (Å²) in [7, 11) is -3.47. The van der Waals surface area contributed by atoms with E-state index in [1.165, 1.54) is 0 Å². The summed E-state index contributed by atoms with van der Waals surface area (Å²) in [5.41, 5.74) is 2.69. The van der Waals surface area contributed by atoms with Gasteiger partial charge in [0, 0.05) is 11.5 Å². The number of amides is 1. The van der Waals surface area contributed by atoms with Crippen molar-refractivity contribution in [2.75, 3.05) is 11.0 Å². The summed E-state index contributed by atoms with van der Waals surface area (Å²) in [5, 5.41) is 12.6. The number of halogens is 1. The number of rotatable bonds is 7. The Bertz CT molecular complexity index is 1130. The van der Waals surface area contributed by atoms with Gasteiger partial charge >= 0.3 is 0 Å². The molecule has 0 spiro atoms. The number of carbonyl (C=O) groups excluding carboxylic acids is 1. The normalized spacial score (nSPS) is 19.3. The van der Waals surface area contributed by atoms with E-state index in [1.807, 2.05) is 39.8 Å². The Hall–Kier alpha value is -2.45.